The van der Waals surface area contributed by atoms with Crippen LogP contribution in [0, 0.1) is 18.7 Å². The van der Waals surface area contributed by atoms with Crippen LogP contribution in [0.5, 0.6) is 5.75 Å². The quantitative estimate of drug-likeness (QED) is 0.673. The minimum atomic E-state index is -3.50. The van der Waals surface area contributed by atoms with Crippen LogP contribution < -0.4 is 10.1 Å². The third-order valence-corrected chi connectivity index (χ3v) is 7.24. The molecule has 1 aliphatic heterocycles. The summed E-state index contributed by atoms with van der Waals surface area (Å²) in [5.41, 5.74) is 1.70. The summed E-state index contributed by atoms with van der Waals surface area (Å²) in [6.45, 7) is 4.85. The molecule has 0 bridgehead atoms. The first-order chi connectivity index (χ1) is 14.7. The van der Waals surface area contributed by atoms with E-state index in [0.29, 0.717) is 38.1 Å². The monoisotopic (exact) mass is 448 g/mol. The van der Waals surface area contributed by atoms with E-state index >= 15 is 0 Å². The maximum absolute atomic E-state index is 13.0. The Morgan fingerprint density at radius 2 is 1.74 bits per heavy atom. The summed E-state index contributed by atoms with van der Waals surface area (Å²) in [6, 6.07) is 13.0. The number of nitrogens with zero attached hydrogens (tertiary/aromatic N) is 1. The van der Waals surface area contributed by atoms with E-state index in [1.165, 1.54) is 28.6 Å². The number of sulfonamides is 1. The number of halogens is 1. The molecule has 2 aromatic carbocycles. The smallest absolute Gasteiger partial charge is 0.223 e. The third-order valence-electron chi connectivity index (χ3n) is 5.39. The SMILES string of the molecule is Cc1ccc(OC[C@@H](C)NC(=O)C2CCN(S(=O)(=O)Cc3ccc(F)cc3)CC2)cc1. The molecule has 8 heteroatoms. The molecule has 0 spiro atoms. The molecule has 3 rings (SSSR count). The van der Waals surface area contributed by atoms with Crippen LogP contribution in [0.3, 0.4) is 0 Å². The van der Waals surface area contributed by atoms with Crippen molar-refractivity contribution >= 4 is 15.9 Å². The van der Waals surface area contributed by atoms with Crippen molar-refractivity contribution in [3.8, 4) is 5.75 Å². The number of piperidine rings is 1. The lowest BCUT2D eigenvalue weighted by Gasteiger charge is -2.31. The highest BCUT2D eigenvalue weighted by atomic mass is 32.2. The van der Waals surface area contributed by atoms with Gasteiger partial charge >= 0.3 is 0 Å². The van der Waals surface area contributed by atoms with E-state index in [0.717, 1.165) is 11.3 Å². The number of hydrogen-bond donors (Lipinski definition) is 1. The first-order valence-corrected chi connectivity index (χ1v) is 12.1. The van der Waals surface area contributed by atoms with E-state index in [2.05, 4.69) is 5.32 Å². The number of rotatable bonds is 8. The molecule has 6 nitrogen and oxygen atoms in total. The Balaban J connectivity index is 1.44. The predicted octanol–water partition coefficient (Wildman–Crippen LogP) is 3.26. The van der Waals surface area contributed by atoms with Gasteiger partial charge in [0.25, 0.3) is 0 Å². The summed E-state index contributed by atoms with van der Waals surface area (Å²) in [4.78, 5) is 12.6. The number of ether oxygens (including phenoxy) is 1. The molecule has 0 aromatic heterocycles. The molecule has 0 unspecified atom stereocenters. The van der Waals surface area contributed by atoms with E-state index in [4.69, 9.17) is 4.74 Å². The van der Waals surface area contributed by atoms with Gasteiger partial charge in [-0.2, -0.15) is 0 Å². The van der Waals surface area contributed by atoms with Gasteiger partial charge in [-0.15, -0.1) is 0 Å². The maximum Gasteiger partial charge on any atom is 0.223 e. The Kier molecular flexibility index (Phi) is 7.67. The normalized spacial score (nSPS) is 16.6. The number of benzene rings is 2. The molecule has 31 heavy (non-hydrogen) atoms. The molecule has 1 amide bonds. The minimum Gasteiger partial charge on any atom is -0.491 e. The molecule has 1 atom stereocenters. The number of amides is 1. The number of nitrogens with one attached hydrogen (secondary N) is 1. The Morgan fingerprint density at radius 3 is 2.35 bits per heavy atom. The molecule has 1 aliphatic rings. The van der Waals surface area contributed by atoms with Gasteiger partial charge in [0.2, 0.25) is 15.9 Å². The van der Waals surface area contributed by atoms with Crippen LogP contribution in [-0.4, -0.2) is 44.4 Å². The van der Waals surface area contributed by atoms with Crippen LogP contribution in [0.15, 0.2) is 48.5 Å². The zero-order valence-corrected chi connectivity index (χ0v) is 18.7. The lowest BCUT2D eigenvalue weighted by Crippen LogP contribution is -2.46. The number of aryl methyl sites for hydroxylation is 1. The highest BCUT2D eigenvalue weighted by Crippen LogP contribution is 2.22. The second kappa shape index (κ2) is 10.2. The summed E-state index contributed by atoms with van der Waals surface area (Å²) in [6.07, 6.45) is 0.944. The second-order valence-corrected chi connectivity index (χ2v) is 10.1. The molecule has 1 fully saturated rings. The molecule has 0 radical (unpaired) electrons. The van der Waals surface area contributed by atoms with E-state index < -0.39 is 15.8 Å². The van der Waals surface area contributed by atoms with Crippen LogP contribution >= 0.6 is 0 Å². The van der Waals surface area contributed by atoms with Gasteiger partial charge in [-0.1, -0.05) is 29.8 Å². The van der Waals surface area contributed by atoms with E-state index in [-0.39, 0.29) is 23.6 Å². The standard InChI is InChI=1S/C23H29FN2O4S/c1-17-3-9-22(10-4-17)30-15-18(2)25-23(27)20-11-13-26(14-12-20)31(28,29)16-19-5-7-21(24)8-6-19/h3-10,18,20H,11-16H2,1-2H3,(H,25,27)/t18-/m1/s1. The Hall–Kier alpha value is -2.45. The van der Waals surface area contributed by atoms with Crippen molar-refractivity contribution in [2.24, 2.45) is 5.92 Å². The summed E-state index contributed by atoms with van der Waals surface area (Å²) >= 11 is 0. The number of hydrogen-bond acceptors (Lipinski definition) is 4. The summed E-state index contributed by atoms with van der Waals surface area (Å²) < 4.78 is 45.5. The Labute approximate surface area is 183 Å². The summed E-state index contributed by atoms with van der Waals surface area (Å²) in [7, 11) is -3.50. The van der Waals surface area contributed by atoms with Crippen LogP contribution in [0.25, 0.3) is 0 Å². The molecule has 1 heterocycles. The first kappa shape index (κ1) is 23.2. The molecule has 0 saturated carbocycles. The Bertz CT molecular complexity index is 970. The molecular formula is C23H29FN2O4S. The Morgan fingerprint density at radius 1 is 1.13 bits per heavy atom. The zero-order chi connectivity index (χ0) is 22.4. The van der Waals surface area contributed by atoms with Crippen molar-refractivity contribution in [2.45, 2.75) is 38.5 Å². The number of carbonyl (C=O) groups is 1. The topological polar surface area (TPSA) is 75.7 Å². The fourth-order valence-corrected chi connectivity index (χ4v) is 5.10. The lowest BCUT2D eigenvalue weighted by atomic mass is 9.97. The van der Waals surface area contributed by atoms with Crippen molar-refractivity contribution in [3.63, 3.8) is 0 Å². The first-order valence-electron chi connectivity index (χ1n) is 10.4. The van der Waals surface area contributed by atoms with Crippen molar-refractivity contribution in [2.75, 3.05) is 19.7 Å². The van der Waals surface area contributed by atoms with Crippen LogP contribution in [-0.2, 0) is 20.6 Å². The van der Waals surface area contributed by atoms with Crippen molar-refractivity contribution < 1.29 is 22.3 Å². The molecule has 0 aliphatic carbocycles. The summed E-state index contributed by atoms with van der Waals surface area (Å²) in [5, 5.41) is 2.96. The lowest BCUT2D eigenvalue weighted by molar-refractivity contribution is -0.126. The van der Waals surface area contributed by atoms with Gasteiger partial charge in [-0.3, -0.25) is 4.79 Å². The molecule has 2 aromatic rings. The van der Waals surface area contributed by atoms with E-state index in [1.807, 2.05) is 38.1 Å². The van der Waals surface area contributed by atoms with Crippen LogP contribution in [0.1, 0.15) is 30.9 Å². The van der Waals surface area contributed by atoms with Gasteiger partial charge in [0.1, 0.15) is 18.2 Å². The van der Waals surface area contributed by atoms with Crippen LogP contribution in [0.4, 0.5) is 4.39 Å². The third kappa shape index (κ3) is 6.77. The van der Waals surface area contributed by atoms with Gasteiger partial charge in [-0.25, -0.2) is 17.1 Å². The minimum absolute atomic E-state index is 0.0735. The highest BCUT2D eigenvalue weighted by Gasteiger charge is 2.31. The van der Waals surface area contributed by atoms with Crippen LogP contribution in [0.2, 0.25) is 0 Å². The van der Waals surface area contributed by atoms with Gasteiger partial charge < -0.3 is 10.1 Å². The highest BCUT2D eigenvalue weighted by molar-refractivity contribution is 7.88. The van der Waals surface area contributed by atoms with E-state index in [1.54, 1.807) is 0 Å². The van der Waals surface area contributed by atoms with Gasteiger partial charge in [0.05, 0.1) is 11.8 Å². The number of carbonyl (C=O) groups excluding carboxylic acids is 1. The van der Waals surface area contributed by atoms with Crippen molar-refractivity contribution in [1.82, 2.24) is 9.62 Å². The van der Waals surface area contributed by atoms with E-state index in [9.17, 15) is 17.6 Å². The average molecular weight is 449 g/mol. The summed E-state index contributed by atoms with van der Waals surface area (Å²) in [5.74, 6) is -0.107. The van der Waals surface area contributed by atoms with Crippen molar-refractivity contribution in [1.29, 1.82) is 0 Å². The second-order valence-electron chi connectivity index (χ2n) is 8.09. The zero-order valence-electron chi connectivity index (χ0n) is 17.9. The largest absolute Gasteiger partial charge is 0.491 e. The maximum atomic E-state index is 13.0. The average Bonchev–Trinajstić information content (AvgIpc) is 2.75. The predicted molar refractivity (Wildman–Crippen MR) is 118 cm³/mol. The molecular weight excluding hydrogens is 419 g/mol. The van der Waals surface area contributed by atoms with Gasteiger partial charge in [0, 0.05) is 19.0 Å². The van der Waals surface area contributed by atoms with Crippen molar-refractivity contribution in [3.05, 3.63) is 65.5 Å². The fraction of sp³-hybridized carbons (Fsp3) is 0.435. The fourth-order valence-electron chi connectivity index (χ4n) is 3.54. The van der Waals surface area contributed by atoms with Gasteiger partial charge in [-0.05, 0) is 56.5 Å². The van der Waals surface area contributed by atoms with Gasteiger partial charge in [0.15, 0.2) is 0 Å². The molecule has 1 N–H and O–H groups in total. The molecule has 1 saturated heterocycles. The molecule has 168 valence electrons.